The molecule has 548 valence electrons. The van der Waals surface area contributed by atoms with Gasteiger partial charge in [0.05, 0.1) is 0 Å². The van der Waals surface area contributed by atoms with Gasteiger partial charge >= 0.3 is 0 Å². The second kappa shape index (κ2) is 58.6. The summed E-state index contributed by atoms with van der Waals surface area (Å²) < 4.78 is 0. The van der Waals surface area contributed by atoms with Crippen LogP contribution in [0, 0.1) is 29.7 Å². The summed E-state index contributed by atoms with van der Waals surface area (Å²) in [5, 5.41) is 0. The number of para-hydroxylation sites is 8. The van der Waals surface area contributed by atoms with Crippen LogP contribution in [-0.4, -0.2) is 0 Å². The van der Waals surface area contributed by atoms with Crippen molar-refractivity contribution in [3.8, 4) is 44.5 Å². The first kappa shape index (κ1) is 103. The predicted molar refractivity (Wildman–Crippen MR) is 467 cm³/mol. The topological polar surface area (TPSA) is 13.0 Å². The fourth-order valence-electron chi connectivity index (χ4n) is 11.3. The maximum atomic E-state index is 2.28. The Balaban J connectivity index is 0. The molecule has 0 atom stereocenters. The molecule has 14 aromatic rings. The molecule has 0 heterocycles. The summed E-state index contributed by atoms with van der Waals surface area (Å²) in [6.07, 6.45) is 0. The first-order valence-electron chi connectivity index (χ1n) is 35.9. The van der Waals surface area contributed by atoms with Gasteiger partial charge in [-0.05, 0) is 190 Å². The molecule has 0 spiro atoms. The second-order valence-corrected chi connectivity index (χ2v) is 21.4. The minimum Gasteiger partial charge on any atom is -0.358 e. The zero-order valence-electron chi connectivity index (χ0n) is 67.0. The van der Waals surface area contributed by atoms with Crippen molar-refractivity contribution in [3.05, 3.63) is 418 Å². The Kier molecular flexibility index (Phi) is 55.8. The molecule has 8 heteroatoms. The number of anilines is 12. The summed E-state index contributed by atoms with van der Waals surface area (Å²) in [5.41, 5.74) is 23.2. The predicted octanol–water partition coefficient (Wildman–Crippen LogP) is 31.9. The molecule has 0 bridgehead atoms. The maximum absolute atomic E-state index is 2.28. The molecule has 108 heavy (non-hydrogen) atoms. The van der Waals surface area contributed by atoms with Crippen molar-refractivity contribution in [3.63, 3.8) is 0 Å². The van der Waals surface area contributed by atoms with Gasteiger partial charge in [-0.25, -0.2) is 0 Å². The van der Waals surface area contributed by atoms with Gasteiger partial charge in [-0.2, -0.15) is 0 Å². The largest absolute Gasteiger partial charge is 0.358 e. The molecule has 0 fully saturated rings. The Morgan fingerprint density at radius 2 is 0.185 bits per heavy atom. The first-order valence-corrected chi connectivity index (χ1v) is 35.9. The van der Waals surface area contributed by atoms with Crippen LogP contribution in [-0.2, 0) is 131 Å². The number of benzene rings is 14. The molecular formula is C100H112N4Y4-4. The summed E-state index contributed by atoms with van der Waals surface area (Å²) in [4.78, 5) is 9.14. The summed E-state index contributed by atoms with van der Waals surface area (Å²) in [6.45, 7) is 24.0. The van der Waals surface area contributed by atoms with Crippen molar-refractivity contribution >= 4 is 68.2 Å². The number of hydrogen-bond acceptors (Lipinski definition) is 4. The zero-order valence-corrected chi connectivity index (χ0v) is 78.4. The zero-order chi connectivity index (χ0) is 71.1. The average molecular weight is 1730 g/mol. The summed E-state index contributed by atoms with van der Waals surface area (Å²) in [6, 6.07) is 137. The smallest absolute Gasteiger partial charge is 0.0462 e. The van der Waals surface area contributed by atoms with Gasteiger partial charge in [0.15, 0.2) is 0 Å². The van der Waals surface area contributed by atoms with E-state index in [0.29, 0.717) is 0 Å². The van der Waals surface area contributed by atoms with Gasteiger partial charge < -0.3 is 49.3 Å². The summed E-state index contributed by atoms with van der Waals surface area (Å²) in [7, 11) is 0. The summed E-state index contributed by atoms with van der Waals surface area (Å²) >= 11 is 0. The molecule has 4 nitrogen and oxygen atoms in total. The average Bonchev–Trinajstić information content (AvgIpc) is 0.814. The van der Waals surface area contributed by atoms with Gasteiger partial charge in [-0.15, -0.1) is 0 Å². The number of nitrogens with zero attached hydrogens (tertiary/aromatic N) is 4. The van der Waals surface area contributed by atoms with Crippen LogP contribution < -0.4 is 19.6 Å². The van der Waals surface area contributed by atoms with Crippen LogP contribution in [0.1, 0.15) is 83.1 Å². The normalized spacial score (nSPS) is 9.07. The molecule has 14 rings (SSSR count). The van der Waals surface area contributed by atoms with E-state index >= 15 is 0 Å². The molecule has 4 radical (unpaired) electrons. The van der Waals surface area contributed by atoms with Gasteiger partial charge in [-0.1, -0.05) is 326 Å². The molecule has 14 aromatic carbocycles. The number of hydrogen-bond donors (Lipinski definition) is 0. The first-order chi connectivity index (χ1) is 49.7. The second-order valence-electron chi connectivity index (χ2n) is 21.4. The molecule has 0 aliphatic heterocycles. The van der Waals surface area contributed by atoms with E-state index < -0.39 is 0 Å². The van der Waals surface area contributed by atoms with E-state index in [9.17, 15) is 0 Å². The third-order valence-electron chi connectivity index (χ3n) is 15.7. The van der Waals surface area contributed by atoms with E-state index in [2.05, 4.69) is 408 Å². The third-order valence-corrected chi connectivity index (χ3v) is 15.7. The van der Waals surface area contributed by atoms with E-state index in [0.717, 1.165) is 68.2 Å². The third kappa shape index (κ3) is 28.9. The van der Waals surface area contributed by atoms with Crippen LogP contribution >= 0.6 is 0 Å². The van der Waals surface area contributed by atoms with Crippen LogP contribution in [0.5, 0.6) is 0 Å². The Hall–Kier alpha value is -7.30. The van der Waals surface area contributed by atoms with E-state index in [1.165, 1.54) is 44.5 Å². The standard InChI is InChI=1S/2C42H32N2.6C2H6.4CH3.4Y/c2*1-5-13-37(14-6-1)43(38-15-7-2-8-16-38)41-29-25-35(26-30-41)33-21-23-34(24-22-33)36-27-31-42(32-28-36)44(39-17-9-3-10-18-39)40-19-11-4-12-20-40;6*1-2;;;;;;;;/h2*1-32H;6*1-2H3;4*1H3;;;;/q;;;;;;;;4*-1;;;;. The SMILES string of the molecule is CC.CC.CC.CC.CC.CC.[CH3-].[CH3-].[CH3-].[CH3-].[Y].[Y].[Y].[Y].c1ccc(N(c2ccccc2)c2ccc(-c3ccc(-c4ccc(N(c5ccccc5)c5ccccc5)cc4)cc3)cc2)cc1.c1ccc(N(c2ccccc2)c2ccc(-c3ccc(-c4ccc(N(c5ccccc5)c5ccccc5)cc4)cc3)cc2)cc1. The van der Waals surface area contributed by atoms with Gasteiger partial charge in [-0.3, -0.25) is 0 Å². The fraction of sp³-hybridized carbons (Fsp3) is 0.120. The van der Waals surface area contributed by atoms with Crippen molar-refractivity contribution in [2.75, 3.05) is 19.6 Å². The van der Waals surface area contributed by atoms with Crippen LogP contribution in [0.25, 0.3) is 44.5 Å². The molecule has 0 aliphatic carbocycles. The Labute approximate surface area is 755 Å². The van der Waals surface area contributed by atoms with Crippen molar-refractivity contribution in [2.24, 2.45) is 0 Å². The van der Waals surface area contributed by atoms with Crippen molar-refractivity contribution in [1.82, 2.24) is 0 Å². The van der Waals surface area contributed by atoms with Gasteiger partial charge in [0.25, 0.3) is 0 Å². The van der Waals surface area contributed by atoms with Crippen LogP contribution in [0.2, 0.25) is 0 Å². The molecule has 0 amide bonds. The van der Waals surface area contributed by atoms with Gasteiger partial charge in [0, 0.05) is 199 Å². The van der Waals surface area contributed by atoms with Gasteiger partial charge in [0.2, 0.25) is 0 Å². The van der Waals surface area contributed by atoms with Crippen LogP contribution in [0.3, 0.4) is 0 Å². The molecule has 0 saturated heterocycles. The Bertz CT molecular complexity index is 3670. The summed E-state index contributed by atoms with van der Waals surface area (Å²) in [5.74, 6) is 0. The molecule has 0 saturated carbocycles. The fourth-order valence-corrected chi connectivity index (χ4v) is 11.3. The molecule has 0 aromatic heterocycles. The molecule has 0 N–H and O–H groups in total. The Morgan fingerprint density at radius 1 is 0.111 bits per heavy atom. The number of rotatable bonds is 16. The molecular weight excluding hydrogens is 1610 g/mol. The van der Waals surface area contributed by atoms with Crippen molar-refractivity contribution in [2.45, 2.75) is 83.1 Å². The minimum absolute atomic E-state index is 0. The maximum Gasteiger partial charge on any atom is 0.0462 e. The minimum atomic E-state index is 0. The van der Waals surface area contributed by atoms with Crippen molar-refractivity contribution in [1.29, 1.82) is 0 Å². The quantitative estimate of drug-likeness (QED) is 0.0894. The van der Waals surface area contributed by atoms with Crippen molar-refractivity contribution < 1.29 is 131 Å². The molecule has 0 aliphatic rings. The monoisotopic (exact) mass is 1720 g/mol. The Morgan fingerprint density at radius 3 is 0.278 bits per heavy atom. The van der Waals surface area contributed by atoms with E-state index in [-0.39, 0.29) is 161 Å². The van der Waals surface area contributed by atoms with E-state index in [4.69, 9.17) is 0 Å². The van der Waals surface area contributed by atoms with E-state index in [1.54, 1.807) is 0 Å². The molecule has 0 unspecified atom stereocenters. The van der Waals surface area contributed by atoms with Gasteiger partial charge in [0.1, 0.15) is 0 Å². The van der Waals surface area contributed by atoms with E-state index in [1.807, 2.05) is 83.1 Å². The van der Waals surface area contributed by atoms with Crippen LogP contribution in [0.15, 0.2) is 388 Å². The van der Waals surface area contributed by atoms with Crippen LogP contribution in [0.4, 0.5) is 68.2 Å².